The molecule has 2 atom stereocenters. The minimum absolute atomic E-state index is 0.169. The van der Waals surface area contributed by atoms with E-state index in [0.29, 0.717) is 5.17 Å². The molecular weight excluding hydrogens is 195 g/mol. The molecular formula is C8H8Cl2N2. The number of amidine groups is 1. The van der Waals surface area contributed by atoms with Crippen molar-refractivity contribution in [3.05, 3.63) is 12.2 Å². The highest BCUT2D eigenvalue weighted by atomic mass is 35.5. The minimum Gasteiger partial charge on any atom is -0.252 e. The number of nitrogens with zero attached hydrogens (tertiary/aromatic N) is 2. The lowest BCUT2D eigenvalue weighted by Gasteiger charge is -2.25. The van der Waals surface area contributed by atoms with Crippen LogP contribution in [0.3, 0.4) is 0 Å². The van der Waals surface area contributed by atoms with Crippen molar-refractivity contribution in [1.82, 2.24) is 0 Å². The zero-order valence-corrected chi connectivity index (χ0v) is 7.89. The van der Waals surface area contributed by atoms with Crippen LogP contribution in [0.5, 0.6) is 0 Å². The molecule has 0 aromatic carbocycles. The molecule has 0 aromatic rings. The van der Waals surface area contributed by atoms with E-state index in [1.54, 1.807) is 0 Å². The normalized spacial score (nSPS) is 33.8. The van der Waals surface area contributed by atoms with Gasteiger partial charge in [0.2, 0.25) is 5.29 Å². The standard InChI is InChI=1S/C8H8Cl2N2/c9-7-5-3-1-2-4-6(5)11-8(10)12-7/h1,3,5-6H,2,4H2. The number of aliphatic imine (C=N–C) groups is 2. The molecule has 64 valence electrons. The number of hydrogen-bond acceptors (Lipinski definition) is 2. The Morgan fingerprint density at radius 1 is 1.42 bits per heavy atom. The van der Waals surface area contributed by atoms with Crippen molar-refractivity contribution in [2.45, 2.75) is 18.9 Å². The van der Waals surface area contributed by atoms with E-state index in [0.717, 1.165) is 12.8 Å². The van der Waals surface area contributed by atoms with Gasteiger partial charge in [0.15, 0.2) is 0 Å². The summed E-state index contributed by atoms with van der Waals surface area (Å²) in [6.07, 6.45) is 6.25. The molecule has 0 spiro atoms. The molecule has 0 bridgehead atoms. The number of allylic oxidation sites excluding steroid dienone is 1. The summed E-state index contributed by atoms with van der Waals surface area (Å²) < 4.78 is 0. The Morgan fingerprint density at radius 3 is 3.08 bits per heavy atom. The maximum Gasteiger partial charge on any atom is 0.219 e. The van der Waals surface area contributed by atoms with E-state index in [4.69, 9.17) is 23.2 Å². The molecule has 1 heterocycles. The van der Waals surface area contributed by atoms with Gasteiger partial charge in [-0.25, -0.2) is 4.99 Å². The topological polar surface area (TPSA) is 24.7 Å². The molecule has 0 N–H and O–H groups in total. The van der Waals surface area contributed by atoms with Gasteiger partial charge in [0.25, 0.3) is 0 Å². The van der Waals surface area contributed by atoms with Crippen LogP contribution < -0.4 is 0 Å². The van der Waals surface area contributed by atoms with Gasteiger partial charge >= 0.3 is 0 Å². The third kappa shape index (κ3) is 1.41. The molecule has 0 saturated heterocycles. The Bertz CT molecular complexity index is 281. The third-order valence-corrected chi connectivity index (χ3v) is 2.65. The van der Waals surface area contributed by atoms with Crippen LogP contribution in [0.25, 0.3) is 0 Å². The zero-order valence-electron chi connectivity index (χ0n) is 6.37. The monoisotopic (exact) mass is 202 g/mol. The molecule has 2 aliphatic rings. The summed E-state index contributed by atoms with van der Waals surface area (Å²) in [7, 11) is 0. The second kappa shape index (κ2) is 3.19. The zero-order chi connectivity index (χ0) is 8.55. The van der Waals surface area contributed by atoms with E-state index in [1.807, 2.05) is 0 Å². The molecule has 0 aromatic heterocycles. The predicted molar refractivity (Wildman–Crippen MR) is 52.2 cm³/mol. The quantitative estimate of drug-likeness (QED) is 0.427. The van der Waals surface area contributed by atoms with Crippen molar-refractivity contribution in [2.24, 2.45) is 15.9 Å². The number of rotatable bonds is 0. The Balaban J connectivity index is 2.31. The van der Waals surface area contributed by atoms with Gasteiger partial charge in [0.1, 0.15) is 5.17 Å². The average Bonchev–Trinajstić information content (AvgIpc) is 2.04. The molecule has 1 aliphatic carbocycles. The molecule has 0 saturated carbocycles. The fraction of sp³-hybridized carbons (Fsp3) is 0.500. The van der Waals surface area contributed by atoms with Crippen molar-refractivity contribution >= 4 is 33.7 Å². The highest BCUT2D eigenvalue weighted by Crippen LogP contribution is 2.27. The lowest BCUT2D eigenvalue weighted by molar-refractivity contribution is 0.545. The first-order valence-corrected chi connectivity index (χ1v) is 4.67. The van der Waals surface area contributed by atoms with Crippen molar-refractivity contribution in [3.8, 4) is 0 Å². The largest absolute Gasteiger partial charge is 0.252 e. The number of fused-ring (bicyclic) bond motifs is 1. The first-order chi connectivity index (χ1) is 5.77. The van der Waals surface area contributed by atoms with Crippen LogP contribution in [0.15, 0.2) is 22.1 Å². The molecule has 2 nitrogen and oxygen atoms in total. The summed E-state index contributed by atoms with van der Waals surface area (Å²) in [5.74, 6) is 0.169. The van der Waals surface area contributed by atoms with Crippen LogP contribution in [-0.2, 0) is 0 Å². The Labute approximate surface area is 81.0 Å². The molecule has 2 unspecified atom stereocenters. The fourth-order valence-electron chi connectivity index (χ4n) is 1.53. The Morgan fingerprint density at radius 2 is 2.25 bits per heavy atom. The van der Waals surface area contributed by atoms with Crippen molar-refractivity contribution < 1.29 is 0 Å². The van der Waals surface area contributed by atoms with E-state index in [-0.39, 0.29) is 17.3 Å². The molecule has 0 fully saturated rings. The summed E-state index contributed by atoms with van der Waals surface area (Å²) in [6.45, 7) is 0. The van der Waals surface area contributed by atoms with Crippen LogP contribution in [0.4, 0.5) is 0 Å². The molecule has 12 heavy (non-hydrogen) atoms. The van der Waals surface area contributed by atoms with Gasteiger partial charge in [-0.15, -0.1) is 0 Å². The van der Waals surface area contributed by atoms with E-state index in [1.165, 1.54) is 0 Å². The SMILES string of the molecule is ClC1=NC2CCC=CC2C(Cl)=N1. The molecule has 0 radical (unpaired) electrons. The lowest BCUT2D eigenvalue weighted by Crippen LogP contribution is -2.28. The van der Waals surface area contributed by atoms with Gasteiger partial charge in [-0.05, 0) is 24.4 Å². The second-order valence-corrected chi connectivity index (χ2v) is 3.66. The highest BCUT2D eigenvalue weighted by Gasteiger charge is 2.28. The maximum atomic E-state index is 5.92. The average molecular weight is 203 g/mol. The van der Waals surface area contributed by atoms with Crippen molar-refractivity contribution in [3.63, 3.8) is 0 Å². The maximum absolute atomic E-state index is 5.92. The summed E-state index contributed by atoms with van der Waals surface area (Å²) >= 11 is 11.6. The Hall–Kier alpha value is -0.340. The summed E-state index contributed by atoms with van der Waals surface area (Å²) in [5.41, 5.74) is 0. The molecule has 0 amide bonds. The minimum atomic E-state index is 0.169. The summed E-state index contributed by atoms with van der Waals surface area (Å²) in [6, 6.07) is 0.215. The number of hydrogen-bond donors (Lipinski definition) is 0. The first kappa shape index (κ1) is 8.27. The smallest absolute Gasteiger partial charge is 0.219 e. The van der Waals surface area contributed by atoms with Gasteiger partial charge in [-0.3, -0.25) is 4.99 Å². The van der Waals surface area contributed by atoms with E-state index < -0.39 is 0 Å². The number of halogens is 2. The van der Waals surface area contributed by atoms with Gasteiger partial charge in [-0.2, -0.15) is 0 Å². The van der Waals surface area contributed by atoms with Crippen LogP contribution in [0.1, 0.15) is 12.8 Å². The molecule has 4 heteroatoms. The lowest BCUT2D eigenvalue weighted by atomic mass is 9.91. The van der Waals surface area contributed by atoms with E-state index in [9.17, 15) is 0 Å². The molecule has 1 aliphatic heterocycles. The third-order valence-electron chi connectivity index (χ3n) is 2.13. The summed E-state index contributed by atoms with van der Waals surface area (Å²) in [4.78, 5) is 8.13. The van der Waals surface area contributed by atoms with Crippen LogP contribution in [-0.4, -0.2) is 16.5 Å². The first-order valence-electron chi connectivity index (χ1n) is 3.91. The van der Waals surface area contributed by atoms with Crippen LogP contribution in [0, 0.1) is 5.92 Å². The van der Waals surface area contributed by atoms with Gasteiger partial charge in [0, 0.05) is 0 Å². The fourth-order valence-corrected chi connectivity index (χ4v) is 2.09. The Kier molecular flexibility index (Phi) is 2.20. The van der Waals surface area contributed by atoms with E-state index >= 15 is 0 Å². The molecule has 2 rings (SSSR count). The van der Waals surface area contributed by atoms with Crippen molar-refractivity contribution in [1.29, 1.82) is 0 Å². The predicted octanol–water partition coefficient (Wildman–Crippen LogP) is 2.57. The van der Waals surface area contributed by atoms with Crippen molar-refractivity contribution in [2.75, 3.05) is 0 Å². The summed E-state index contributed by atoms with van der Waals surface area (Å²) in [5, 5.41) is 0.854. The van der Waals surface area contributed by atoms with Crippen LogP contribution >= 0.6 is 23.2 Å². The van der Waals surface area contributed by atoms with Gasteiger partial charge in [0.05, 0.1) is 12.0 Å². The van der Waals surface area contributed by atoms with Gasteiger partial charge in [-0.1, -0.05) is 23.8 Å². The van der Waals surface area contributed by atoms with E-state index in [2.05, 4.69) is 22.1 Å². The highest BCUT2D eigenvalue weighted by molar-refractivity contribution is 6.72. The second-order valence-electron chi connectivity index (χ2n) is 2.93. The van der Waals surface area contributed by atoms with Crippen LogP contribution in [0.2, 0.25) is 0 Å². The van der Waals surface area contributed by atoms with Gasteiger partial charge < -0.3 is 0 Å².